The zero-order chi connectivity index (χ0) is 16.9. The van der Waals surface area contributed by atoms with Gasteiger partial charge < -0.3 is 9.51 Å². The predicted molar refractivity (Wildman–Crippen MR) is 92.9 cm³/mol. The summed E-state index contributed by atoms with van der Waals surface area (Å²) in [6.45, 7) is 3.86. The van der Waals surface area contributed by atoms with Crippen LogP contribution in [0.4, 0.5) is 0 Å². The van der Waals surface area contributed by atoms with E-state index < -0.39 is 0 Å². The smallest absolute Gasteiger partial charge is 0.257 e. The molecule has 124 valence electrons. The molecule has 2 heterocycles. The molecule has 6 nitrogen and oxygen atoms in total. The van der Waals surface area contributed by atoms with Crippen molar-refractivity contribution in [3.63, 3.8) is 0 Å². The first kappa shape index (κ1) is 16.4. The van der Waals surface area contributed by atoms with Crippen LogP contribution in [0.15, 0.2) is 44.8 Å². The lowest BCUT2D eigenvalue weighted by molar-refractivity contribution is 0.425. The topological polar surface area (TPSA) is 84.7 Å². The molecule has 3 aromatic rings. The summed E-state index contributed by atoms with van der Waals surface area (Å²) in [5, 5.41) is 4.45. The van der Waals surface area contributed by atoms with Gasteiger partial charge in [-0.3, -0.25) is 4.79 Å². The quantitative estimate of drug-likeness (QED) is 0.546. The Morgan fingerprint density at radius 1 is 1.21 bits per heavy atom. The lowest BCUT2D eigenvalue weighted by Crippen LogP contribution is -2.09. The van der Waals surface area contributed by atoms with Crippen LogP contribution in [0.3, 0.4) is 0 Å². The summed E-state index contributed by atoms with van der Waals surface area (Å²) >= 11 is 1.52. The minimum atomic E-state index is -0.0990. The van der Waals surface area contributed by atoms with Gasteiger partial charge in [0.25, 0.3) is 11.4 Å². The number of rotatable bonds is 6. The van der Waals surface area contributed by atoms with E-state index in [4.69, 9.17) is 4.52 Å². The van der Waals surface area contributed by atoms with E-state index in [2.05, 4.69) is 27.0 Å². The van der Waals surface area contributed by atoms with Crippen molar-refractivity contribution in [3.8, 4) is 11.5 Å². The van der Waals surface area contributed by atoms with Crippen molar-refractivity contribution in [2.45, 2.75) is 37.6 Å². The number of benzene rings is 1. The molecule has 0 spiro atoms. The highest BCUT2D eigenvalue weighted by Gasteiger charge is 2.07. The summed E-state index contributed by atoms with van der Waals surface area (Å²) in [5.41, 5.74) is 2.76. The molecule has 0 saturated carbocycles. The third kappa shape index (κ3) is 4.11. The van der Waals surface area contributed by atoms with E-state index in [0.717, 1.165) is 35.4 Å². The molecular weight excluding hydrogens is 324 g/mol. The van der Waals surface area contributed by atoms with E-state index in [0.29, 0.717) is 16.9 Å². The second kappa shape index (κ2) is 7.44. The van der Waals surface area contributed by atoms with Crippen molar-refractivity contribution in [2.75, 3.05) is 0 Å². The normalized spacial score (nSPS) is 10.9. The minimum absolute atomic E-state index is 0.0990. The van der Waals surface area contributed by atoms with Crippen LogP contribution in [-0.4, -0.2) is 20.1 Å². The van der Waals surface area contributed by atoms with Crippen LogP contribution in [0.5, 0.6) is 0 Å². The number of hydrogen-bond acceptors (Lipinski definition) is 6. The van der Waals surface area contributed by atoms with Gasteiger partial charge in [-0.1, -0.05) is 42.4 Å². The number of nitrogens with zero attached hydrogens (tertiary/aromatic N) is 3. The average molecular weight is 342 g/mol. The third-order valence-corrected chi connectivity index (χ3v) is 4.33. The minimum Gasteiger partial charge on any atom is -0.334 e. The van der Waals surface area contributed by atoms with Gasteiger partial charge >= 0.3 is 0 Å². The van der Waals surface area contributed by atoms with Crippen LogP contribution in [0, 0.1) is 6.92 Å². The molecule has 0 atom stereocenters. The first-order valence-electron chi connectivity index (χ1n) is 7.76. The van der Waals surface area contributed by atoms with Gasteiger partial charge in [0.05, 0.1) is 0 Å². The second-order valence-corrected chi connectivity index (χ2v) is 6.39. The maximum Gasteiger partial charge on any atom is 0.257 e. The van der Waals surface area contributed by atoms with E-state index in [1.807, 2.05) is 24.3 Å². The van der Waals surface area contributed by atoms with Gasteiger partial charge in [0, 0.05) is 23.1 Å². The van der Waals surface area contributed by atoms with E-state index in [1.54, 1.807) is 13.0 Å². The largest absolute Gasteiger partial charge is 0.334 e. The lowest BCUT2D eigenvalue weighted by Gasteiger charge is -2.04. The highest BCUT2D eigenvalue weighted by atomic mass is 32.2. The molecule has 0 aliphatic carbocycles. The van der Waals surface area contributed by atoms with Crippen molar-refractivity contribution in [1.29, 1.82) is 0 Å². The van der Waals surface area contributed by atoms with Crippen LogP contribution >= 0.6 is 11.8 Å². The second-order valence-electron chi connectivity index (χ2n) is 5.42. The monoisotopic (exact) mass is 342 g/mol. The number of aryl methyl sites for hydroxylation is 2. The Kier molecular flexibility index (Phi) is 5.10. The van der Waals surface area contributed by atoms with Crippen molar-refractivity contribution >= 4 is 11.8 Å². The summed E-state index contributed by atoms with van der Waals surface area (Å²) in [5.74, 6) is 1.86. The van der Waals surface area contributed by atoms with Gasteiger partial charge in [0.15, 0.2) is 11.0 Å². The van der Waals surface area contributed by atoms with Gasteiger partial charge in [0.2, 0.25) is 0 Å². The molecule has 2 aromatic heterocycles. The molecule has 0 unspecified atom stereocenters. The fraction of sp³-hybridized carbons (Fsp3) is 0.294. The van der Waals surface area contributed by atoms with Gasteiger partial charge in [-0.25, -0.2) is 4.98 Å². The van der Waals surface area contributed by atoms with Crippen molar-refractivity contribution < 1.29 is 4.52 Å². The molecule has 3 rings (SSSR count). The van der Waals surface area contributed by atoms with Crippen molar-refractivity contribution in [1.82, 2.24) is 20.1 Å². The lowest BCUT2D eigenvalue weighted by atomic mass is 10.1. The molecule has 1 aromatic carbocycles. The molecule has 7 heteroatoms. The number of thioether (sulfide) groups is 1. The summed E-state index contributed by atoms with van der Waals surface area (Å²) in [6.07, 6.45) is 1.78. The maximum atomic E-state index is 11.7. The first-order chi connectivity index (χ1) is 11.6. The summed E-state index contributed by atoms with van der Waals surface area (Å²) in [4.78, 5) is 23.1. The molecular formula is C17H18N4O2S. The fourth-order valence-electron chi connectivity index (χ4n) is 2.25. The Morgan fingerprint density at radius 2 is 2.00 bits per heavy atom. The summed E-state index contributed by atoms with van der Waals surface area (Å²) < 4.78 is 5.15. The summed E-state index contributed by atoms with van der Waals surface area (Å²) in [6, 6.07) is 9.49. The van der Waals surface area contributed by atoms with Crippen LogP contribution in [-0.2, 0) is 12.2 Å². The Bertz CT molecular complexity index is 871. The molecule has 0 saturated heterocycles. The van der Waals surface area contributed by atoms with Crippen LogP contribution in [0.25, 0.3) is 11.5 Å². The van der Waals surface area contributed by atoms with Gasteiger partial charge in [-0.2, -0.15) is 4.98 Å². The van der Waals surface area contributed by atoms with E-state index >= 15 is 0 Å². The molecule has 0 amide bonds. The predicted octanol–water partition coefficient (Wildman–Crippen LogP) is 3.37. The molecule has 0 aliphatic rings. The van der Waals surface area contributed by atoms with E-state index in [1.165, 1.54) is 11.8 Å². The number of nitrogens with one attached hydrogen (secondary N) is 1. The molecule has 0 bridgehead atoms. The molecule has 1 N–H and O–H groups in total. The van der Waals surface area contributed by atoms with Crippen molar-refractivity contribution in [3.05, 3.63) is 57.8 Å². The highest BCUT2D eigenvalue weighted by molar-refractivity contribution is 7.98. The molecule has 0 radical (unpaired) electrons. The van der Waals surface area contributed by atoms with Crippen molar-refractivity contribution in [2.24, 2.45) is 0 Å². The molecule has 0 aliphatic heterocycles. The Morgan fingerprint density at radius 3 is 2.67 bits per heavy atom. The van der Waals surface area contributed by atoms with Gasteiger partial charge in [-0.05, 0) is 31.0 Å². The van der Waals surface area contributed by atoms with E-state index in [-0.39, 0.29) is 5.56 Å². The molecule has 0 fully saturated rings. The standard InChI is InChI=1S/C17H18N4O2S/c1-3-4-14-9-15(22)20-17(19-14)24-10-12-5-7-13(8-6-12)16-18-11(2)21-23-16/h5-9H,3-4,10H2,1-2H3,(H,19,20,22). The fourth-order valence-corrected chi connectivity index (χ4v) is 3.10. The van der Waals surface area contributed by atoms with Crippen LogP contribution < -0.4 is 5.56 Å². The number of aromatic nitrogens is 4. The van der Waals surface area contributed by atoms with Crippen LogP contribution in [0.2, 0.25) is 0 Å². The number of aromatic amines is 1. The first-order valence-corrected chi connectivity index (χ1v) is 8.75. The van der Waals surface area contributed by atoms with Crippen LogP contribution in [0.1, 0.15) is 30.4 Å². The zero-order valence-electron chi connectivity index (χ0n) is 13.6. The zero-order valence-corrected chi connectivity index (χ0v) is 14.4. The Hall–Kier alpha value is -2.41. The maximum absolute atomic E-state index is 11.7. The third-order valence-electron chi connectivity index (χ3n) is 3.38. The van der Waals surface area contributed by atoms with E-state index in [9.17, 15) is 4.79 Å². The van der Waals surface area contributed by atoms with Gasteiger partial charge in [-0.15, -0.1) is 0 Å². The average Bonchev–Trinajstić information content (AvgIpc) is 3.00. The number of hydrogen-bond donors (Lipinski definition) is 1. The highest BCUT2D eigenvalue weighted by Crippen LogP contribution is 2.22. The Balaban J connectivity index is 1.67. The number of H-pyrrole nitrogens is 1. The Labute approximate surface area is 143 Å². The molecule has 24 heavy (non-hydrogen) atoms. The SMILES string of the molecule is CCCc1cc(=O)[nH]c(SCc2ccc(-c3nc(C)no3)cc2)n1. The summed E-state index contributed by atoms with van der Waals surface area (Å²) in [7, 11) is 0. The van der Waals surface area contributed by atoms with Gasteiger partial charge in [0.1, 0.15) is 0 Å².